The monoisotopic (exact) mass is 312 g/mol. The molecule has 0 spiro atoms. The zero-order valence-electron chi connectivity index (χ0n) is 13.1. The minimum Gasteiger partial charge on any atom is -0.492 e. The van der Waals surface area contributed by atoms with Crippen molar-refractivity contribution in [2.45, 2.75) is 25.9 Å². The van der Waals surface area contributed by atoms with Gasteiger partial charge in [-0.25, -0.2) is 0 Å². The largest absolute Gasteiger partial charge is 0.492 e. The molecule has 2 aromatic rings. The van der Waals surface area contributed by atoms with Crippen LogP contribution in [-0.2, 0) is 6.42 Å². The van der Waals surface area contributed by atoms with Gasteiger partial charge >= 0.3 is 0 Å². The minimum atomic E-state index is -0.0614. The average molecular weight is 312 g/mol. The summed E-state index contributed by atoms with van der Waals surface area (Å²) in [4.78, 5) is 16.1. The molecule has 0 saturated carbocycles. The third-order valence-corrected chi connectivity index (χ3v) is 3.67. The lowest BCUT2D eigenvalue weighted by Crippen LogP contribution is -2.25. The third kappa shape index (κ3) is 4.00. The van der Waals surface area contributed by atoms with E-state index in [1.54, 1.807) is 18.5 Å². The van der Waals surface area contributed by atoms with E-state index in [2.05, 4.69) is 10.3 Å². The van der Waals surface area contributed by atoms with Gasteiger partial charge in [0.25, 0.3) is 5.91 Å². The minimum absolute atomic E-state index is 0.0614. The van der Waals surface area contributed by atoms with Crippen LogP contribution >= 0.6 is 0 Å². The second-order valence-electron chi connectivity index (χ2n) is 5.60. The highest BCUT2D eigenvalue weighted by Crippen LogP contribution is 2.29. The van der Waals surface area contributed by atoms with Gasteiger partial charge in [0, 0.05) is 24.7 Å². The number of pyridine rings is 1. The topological polar surface area (TPSA) is 60.5 Å². The molecule has 120 valence electrons. The van der Waals surface area contributed by atoms with Crippen molar-refractivity contribution in [1.82, 2.24) is 10.3 Å². The van der Waals surface area contributed by atoms with Crippen LogP contribution < -0.4 is 14.8 Å². The fraction of sp³-hybridized carbons (Fsp3) is 0.333. The van der Waals surface area contributed by atoms with Crippen LogP contribution in [0.25, 0.3) is 0 Å². The van der Waals surface area contributed by atoms with Crippen LogP contribution in [0.5, 0.6) is 11.5 Å². The highest BCUT2D eigenvalue weighted by Gasteiger charge is 2.20. The molecule has 1 aromatic heterocycles. The van der Waals surface area contributed by atoms with Gasteiger partial charge < -0.3 is 14.8 Å². The van der Waals surface area contributed by atoms with Gasteiger partial charge in [0.1, 0.15) is 17.6 Å². The second kappa shape index (κ2) is 7.13. The molecule has 0 bridgehead atoms. The van der Waals surface area contributed by atoms with Crippen LogP contribution in [0.1, 0.15) is 29.3 Å². The number of benzene rings is 1. The summed E-state index contributed by atoms with van der Waals surface area (Å²) in [6.45, 7) is 3.15. The van der Waals surface area contributed by atoms with Gasteiger partial charge in [0.05, 0.1) is 12.8 Å². The lowest BCUT2D eigenvalue weighted by Gasteiger charge is -2.08. The Morgan fingerprint density at radius 2 is 2.35 bits per heavy atom. The van der Waals surface area contributed by atoms with Crippen molar-refractivity contribution in [3.8, 4) is 11.5 Å². The zero-order chi connectivity index (χ0) is 16.1. The fourth-order valence-corrected chi connectivity index (χ4v) is 2.56. The number of ether oxygens (including phenoxy) is 2. The van der Waals surface area contributed by atoms with E-state index in [0.29, 0.717) is 18.7 Å². The predicted octanol–water partition coefficient (Wildman–Crippen LogP) is 2.60. The Morgan fingerprint density at radius 3 is 3.17 bits per heavy atom. The van der Waals surface area contributed by atoms with E-state index < -0.39 is 0 Å². The van der Waals surface area contributed by atoms with Gasteiger partial charge in [-0.05, 0) is 49.2 Å². The Morgan fingerprint density at radius 1 is 1.43 bits per heavy atom. The van der Waals surface area contributed by atoms with Crippen molar-refractivity contribution in [3.05, 3.63) is 53.9 Å². The Labute approximate surface area is 135 Å². The summed E-state index contributed by atoms with van der Waals surface area (Å²) in [5.41, 5.74) is 1.78. The molecule has 1 amide bonds. The predicted molar refractivity (Wildman–Crippen MR) is 86.9 cm³/mol. The van der Waals surface area contributed by atoms with Crippen LogP contribution in [0.15, 0.2) is 42.7 Å². The standard InChI is InChI=1S/C18H20N2O3/c1-13-10-15-11-14(5-6-17(15)23-13)18(21)20-8-3-9-22-16-4-2-7-19-12-16/h2,4-7,11-13H,3,8-10H2,1H3,(H,20,21). The van der Waals surface area contributed by atoms with Gasteiger partial charge in [-0.1, -0.05) is 0 Å². The molecular weight excluding hydrogens is 292 g/mol. The molecule has 0 aliphatic carbocycles. The summed E-state index contributed by atoms with van der Waals surface area (Å²) in [5, 5.41) is 2.91. The number of rotatable bonds is 6. The van der Waals surface area contributed by atoms with Crippen molar-refractivity contribution in [2.24, 2.45) is 0 Å². The van der Waals surface area contributed by atoms with Crippen LogP contribution in [0.3, 0.4) is 0 Å². The number of aromatic nitrogens is 1. The zero-order valence-corrected chi connectivity index (χ0v) is 13.1. The molecule has 5 nitrogen and oxygen atoms in total. The summed E-state index contributed by atoms with van der Waals surface area (Å²) < 4.78 is 11.2. The quantitative estimate of drug-likeness (QED) is 0.833. The SMILES string of the molecule is CC1Cc2cc(C(=O)NCCCOc3cccnc3)ccc2O1. The number of hydrogen-bond donors (Lipinski definition) is 1. The lowest BCUT2D eigenvalue weighted by atomic mass is 10.1. The van der Waals surface area contributed by atoms with E-state index >= 15 is 0 Å². The molecule has 1 N–H and O–H groups in total. The van der Waals surface area contributed by atoms with E-state index in [1.807, 2.05) is 31.2 Å². The molecule has 0 radical (unpaired) electrons. The summed E-state index contributed by atoms with van der Waals surface area (Å²) in [7, 11) is 0. The first kappa shape index (κ1) is 15.3. The van der Waals surface area contributed by atoms with E-state index in [9.17, 15) is 4.79 Å². The van der Waals surface area contributed by atoms with Gasteiger partial charge in [0.15, 0.2) is 0 Å². The van der Waals surface area contributed by atoms with Crippen LogP contribution in [0.4, 0.5) is 0 Å². The van der Waals surface area contributed by atoms with Crippen LogP contribution in [0.2, 0.25) is 0 Å². The number of amides is 1. The van der Waals surface area contributed by atoms with E-state index in [0.717, 1.165) is 29.9 Å². The molecule has 0 saturated heterocycles. The van der Waals surface area contributed by atoms with E-state index in [4.69, 9.17) is 9.47 Å². The number of carbonyl (C=O) groups is 1. The van der Waals surface area contributed by atoms with Crippen molar-refractivity contribution in [3.63, 3.8) is 0 Å². The maximum atomic E-state index is 12.2. The number of fused-ring (bicyclic) bond motifs is 1. The van der Waals surface area contributed by atoms with Gasteiger partial charge in [-0.2, -0.15) is 0 Å². The third-order valence-electron chi connectivity index (χ3n) is 3.67. The molecule has 1 atom stereocenters. The maximum absolute atomic E-state index is 12.2. The Kier molecular flexibility index (Phi) is 4.76. The number of carbonyl (C=O) groups excluding carboxylic acids is 1. The second-order valence-corrected chi connectivity index (χ2v) is 5.60. The summed E-state index contributed by atoms with van der Waals surface area (Å²) >= 11 is 0. The number of nitrogens with zero attached hydrogens (tertiary/aromatic N) is 1. The van der Waals surface area contributed by atoms with E-state index in [-0.39, 0.29) is 12.0 Å². The van der Waals surface area contributed by atoms with Crippen molar-refractivity contribution in [2.75, 3.05) is 13.2 Å². The van der Waals surface area contributed by atoms with Crippen molar-refractivity contribution >= 4 is 5.91 Å². The fourth-order valence-electron chi connectivity index (χ4n) is 2.56. The Bertz CT molecular complexity index is 673. The molecule has 3 rings (SSSR count). The molecule has 1 unspecified atom stereocenters. The highest BCUT2D eigenvalue weighted by atomic mass is 16.5. The summed E-state index contributed by atoms with van der Waals surface area (Å²) in [5.74, 6) is 1.57. The van der Waals surface area contributed by atoms with Crippen LogP contribution in [-0.4, -0.2) is 30.1 Å². The molecule has 0 fully saturated rings. The van der Waals surface area contributed by atoms with E-state index in [1.165, 1.54) is 0 Å². The first-order valence-corrected chi connectivity index (χ1v) is 7.83. The highest BCUT2D eigenvalue weighted by molar-refractivity contribution is 5.94. The summed E-state index contributed by atoms with van der Waals surface area (Å²) in [6, 6.07) is 9.28. The molecular formula is C18H20N2O3. The Hall–Kier alpha value is -2.56. The van der Waals surface area contributed by atoms with Gasteiger partial charge in [-0.3, -0.25) is 9.78 Å². The Balaban J connectivity index is 1.42. The number of nitrogens with one attached hydrogen (secondary N) is 1. The average Bonchev–Trinajstić information content (AvgIpc) is 2.94. The molecule has 1 aliphatic rings. The van der Waals surface area contributed by atoms with Crippen molar-refractivity contribution < 1.29 is 14.3 Å². The van der Waals surface area contributed by atoms with Gasteiger partial charge in [0.2, 0.25) is 0 Å². The normalized spacial score (nSPS) is 15.6. The van der Waals surface area contributed by atoms with Gasteiger partial charge in [-0.15, -0.1) is 0 Å². The van der Waals surface area contributed by atoms with Crippen LogP contribution in [0, 0.1) is 0 Å². The summed E-state index contributed by atoms with van der Waals surface area (Å²) in [6.07, 6.45) is 5.16. The first-order valence-electron chi connectivity index (χ1n) is 7.83. The molecule has 1 aromatic carbocycles. The lowest BCUT2D eigenvalue weighted by molar-refractivity contribution is 0.0951. The maximum Gasteiger partial charge on any atom is 0.251 e. The molecule has 23 heavy (non-hydrogen) atoms. The first-order chi connectivity index (χ1) is 11.2. The number of hydrogen-bond acceptors (Lipinski definition) is 4. The molecule has 5 heteroatoms. The van der Waals surface area contributed by atoms with Crippen molar-refractivity contribution in [1.29, 1.82) is 0 Å². The molecule has 2 heterocycles. The smallest absolute Gasteiger partial charge is 0.251 e. The molecule has 1 aliphatic heterocycles.